The second-order valence-corrected chi connectivity index (χ2v) is 5.93. The van der Waals surface area contributed by atoms with Crippen molar-refractivity contribution in [1.82, 2.24) is 4.90 Å². The average molecular weight is 275 g/mol. The molecule has 0 aromatic heterocycles. The predicted molar refractivity (Wildman–Crippen MR) is 76.0 cm³/mol. The third kappa shape index (κ3) is 2.52. The highest BCUT2D eigenvalue weighted by atomic mass is 16.4. The van der Waals surface area contributed by atoms with Gasteiger partial charge in [0.05, 0.1) is 12.6 Å². The zero-order valence-corrected chi connectivity index (χ0v) is 11.6. The van der Waals surface area contributed by atoms with Crippen LogP contribution in [0.4, 0.5) is 4.79 Å². The van der Waals surface area contributed by atoms with Gasteiger partial charge in [-0.05, 0) is 48.8 Å². The molecule has 2 unspecified atom stereocenters. The van der Waals surface area contributed by atoms with Gasteiger partial charge in [0.25, 0.3) is 0 Å². The molecule has 108 valence electrons. The van der Waals surface area contributed by atoms with E-state index >= 15 is 0 Å². The zero-order valence-electron chi connectivity index (χ0n) is 11.6. The number of benzene rings is 1. The SMILES string of the molecule is O=C(O)N1CCC(c2ccc3c(c2)CCCC3)C(O)C1. The maximum atomic E-state index is 10.9. The van der Waals surface area contributed by atoms with E-state index in [1.165, 1.54) is 34.4 Å². The molecule has 3 rings (SSSR count). The summed E-state index contributed by atoms with van der Waals surface area (Å²) in [6, 6.07) is 6.55. The molecule has 1 aliphatic heterocycles. The number of rotatable bonds is 1. The molecule has 1 aromatic rings. The van der Waals surface area contributed by atoms with Crippen LogP contribution in [-0.2, 0) is 12.8 Å². The van der Waals surface area contributed by atoms with Crippen LogP contribution in [-0.4, -0.2) is 40.4 Å². The van der Waals surface area contributed by atoms with E-state index in [1.807, 2.05) is 0 Å². The predicted octanol–water partition coefficient (Wildman–Crippen LogP) is 2.39. The highest BCUT2D eigenvalue weighted by Gasteiger charge is 2.31. The maximum Gasteiger partial charge on any atom is 0.407 e. The van der Waals surface area contributed by atoms with Crippen LogP contribution in [0.5, 0.6) is 0 Å². The molecular weight excluding hydrogens is 254 g/mol. The number of fused-ring (bicyclic) bond motifs is 1. The number of amides is 1. The van der Waals surface area contributed by atoms with Gasteiger partial charge in [0.1, 0.15) is 0 Å². The molecule has 1 heterocycles. The molecule has 1 aromatic carbocycles. The number of likely N-dealkylation sites (tertiary alicyclic amines) is 1. The summed E-state index contributed by atoms with van der Waals surface area (Å²) in [6.07, 6.45) is 3.98. The number of hydrogen-bond acceptors (Lipinski definition) is 2. The fourth-order valence-corrected chi connectivity index (χ4v) is 3.48. The van der Waals surface area contributed by atoms with Crippen LogP contribution in [0.25, 0.3) is 0 Å². The van der Waals surface area contributed by atoms with Gasteiger partial charge in [0, 0.05) is 12.5 Å². The number of piperidine rings is 1. The van der Waals surface area contributed by atoms with E-state index in [4.69, 9.17) is 5.11 Å². The van der Waals surface area contributed by atoms with Gasteiger partial charge in [-0.2, -0.15) is 0 Å². The van der Waals surface area contributed by atoms with Gasteiger partial charge in [-0.15, -0.1) is 0 Å². The quantitative estimate of drug-likeness (QED) is 0.827. The van der Waals surface area contributed by atoms with Crippen molar-refractivity contribution >= 4 is 6.09 Å². The second-order valence-electron chi connectivity index (χ2n) is 5.93. The summed E-state index contributed by atoms with van der Waals surface area (Å²) in [5, 5.41) is 19.2. The zero-order chi connectivity index (χ0) is 14.1. The molecule has 0 radical (unpaired) electrons. The van der Waals surface area contributed by atoms with Crippen LogP contribution in [0.1, 0.15) is 41.9 Å². The standard InChI is InChI=1S/C16H21NO3/c18-15-10-17(16(19)20)8-7-14(15)13-6-5-11-3-1-2-4-12(11)9-13/h5-6,9,14-15,18H,1-4,7-8,10H2,(H,19,20). The number of aryl methyl sites for hydroxylation is 2. The molecular formula is C16H21NO3. The van der Waals surface area contributed by atoms with Crippen molar-refractivity contribution in [3.8, 4) is 0 Å². The smallest absolute Gasteiger partial charge is 0.407 e. The lowest BCUT2D eigenvalue weighted by atomic mass is 9.83. The van der Waals surface area contributed by atoms with Crippen LogP contribution in [0, 0.1) is 0 Å². The van der Waals surface area contributed by atoms with Gasteiger partial charge in [-0.1, -0.05) is 18.2 Å². The van der Waals surface area contributed by atoms with Gasteiger partial charge in [0.2, 0.25) is 0 Å². The van der Waals surface area contributed by atoms with E-state index < -0.39 is 12.2 Å². The maximum absolute atomic E-state index is 10.9. The first-order valence-electron chi connectivity index (χ1n) is 7.43. The Kier molecular flexibility index (Phi) is 3.66. The molecule has 0 saturated carbocycles. The van der Waals surface area contributed by atoms with E-state index in [-0.39, 0.29) is 12.5 Å². The Hall–Kier alpha value is -1.55. The van der Waals surface area contributed by atoms with Gasteiger partial charge >= 0.3 is 6.09 Å². The van der Waals surface area contributed by atoms with Gasteiger partial charge in [-0.3, -0.25) is 0 Å². The summed E-state index contributed by atoms with van der Waals surface area (Å²) in [5.41, 5.74) is 4.03. The Morgan fingerprint density at radius 1 is 1.20 bits per heavy atom. The molecule has 0 spiro atoms. The Bertz CT molecular complexity index is 514. The Morgan fingerprint density at radius 3 is 2.65 bits per heavy atom. The fourth-order valence-electron chi connectivity index (χ4n) is 3.48. The molecule has 0 bridgehead atoms. The second kappa shape index (κ2) is 5.44. The largest absolute Gasteiger partial charge is 0.465 e. The lowest BCUT2D eigenvalue weighted by Crippen LogP contribution is -2.45. The number of carbonyl (C=O) groups is 1. The van der Waals surface area contributed by atoms with Crippen LogP contribution in [0.3, 0.4) is 0 Å². The number of carboxylic acid groups (broad SMARTS) is 1. The first-order chi connectivity index (χ1) is 9.65. The molecule has 2 aliphatic rings. The summed E-state index contributed by atoms with van der Waals surface area (Å²) in [6.45, 7) is 0.727. The number of nitrogens with zero attached hydrogens (tertiary/aromatic N) is 1. The molecule has 4 nitrogen and oxygen atoms in total. The molecule has 2 atom stereocenters. The molecule has 1 saturated heterocycles. The van der Waals surface area contributed by atoms with E-state index in [0.29, 0.717) is 13.0 Å². The first kappa shape index (κ1) is 13.4. The topological polar surface area (TPSA) is 60.8 Å². The molecule has 4 heteroatoms. The fraction of sp³-hybridized carbons (Fsp3) is 0.562. The Labute approximate surface area is 119 Å². The van der Waals surface area contributed by atoms with Gasteiger partial charge in [0.15, 0.2) is 0 Å². The monoisotopic (exact) mass is 275 g/mol. The third-order valence-corrected chi connectivity index (χ3v) is 4.65. The molecule has 1 fully saturated rings. The highest BCUT2D eigenvalue weighted by molar-refractivity contribution is 5.65. The number of β-amino-alcohol motifs (C(OH)–C–C–N with tert-alkyl or cyclic N) is 1. The van der Waals surface area contributed by atoms with Crippen molar-refractivity contribution in [2.75, 3.05) is 13.1 Å². The first-order valence-corrected chi connectivity index (χ1v) is 7.43. The van der Waals surface area contributed by atoms with Crippen LogP contribution >= 0.6 is 0 Å². The van der Waals surface area contributed by atoms with Crippen molar-refractivity contribution in [3.63, 3.8) is 0 Å². The van der Waals surface area contributed by atoms with E-state index in [0.717, 1.165) is 12.8 Å². The summed E-state index contributed by atoms with van der Waals surface area (Å²) in [4.78, 5) is 12.3. The minimum Gasteiger partial charge on any atom is -0.465 e. The van der Waals surface area contributed by atoms with Gasteiger partial charge in [-0.25, -0.2) is 4.79 Å². The van der Waals surface area contributed by atoms with Gasteiger partial charge < -0.3 is 15.1 Å². The minimum atomic E-state index is -0.937. The lowest BCUT2D eigenvalue weighted by Gasteiger charge is -2.35. The van der Waals surface area contributed by atoms with Crippen molar-refractivity contribution in [3.05, 3.63) is 34.9 Å². The lowest BCUT2D eigenvalue weighted by molar-refractivity contribution is 0.0504. The van der Waals surface area contributed by atoms with E-state index in [9.17, 15) is 9.90 Å². The Balaban J connectivity index is 1.78. The highest BCUT2D eigenvalue weighted by Crippen LogP contribution is 2.31. The number of aliphatic hydroxyl groups is 1. The van der Waals surface area contributed by atoms with E-state index in [2.05, 4.69) is 18.2 Å². The van der Waals surface area contributed by atoms with Crippen molar-refractivity contribution in [2.24, 2.45) is 0 Å². The summed E-state index contributed by atoms with van der Waals surface area (Å²) in [5.74, 6) is 0.0674. The van der Waals surface area contributed by atoms with Crippen molar-refractivity contribution < 1.29 is 15.0 Å². The normalized spacial score (nSPS) is 26.1. The Morgan fingerprint density at radius 2 is 1.95 bits per heavy atom. The minimum absolute atomic E-state index is 0.0674. The summed E-state index contributed by atoms with van der Waals surface area (Å²) in [7, 11) is 0. The average Bonchev–Trinajstić information content (AvgIpc) is 2.46. The molecule has 20 heavy (non-hydrogen) atoms. The number of hydrogen-bond donors (Lipinski definition) is 2. The molecule has 1 amide bonds. The van der Waals surface area contributed by atoms with Crippen LogP contribution in [0.15, 0.2) is 18.2 Å². The molecule has 2 N–H and O–H groups in total. The van der Waals surface area contributed by atoms with E-state index in [1.54, 1.807) is 0 Å². The summed E-state index contributed by atoms with van der Waals surface area (Å²) >= 11 is 0. The van der Waals surface area contributed by atoms with Crippen LogP contribution < -0.4 is 0 Å². The summed E-state index contributed by atoms with van der Waals surface area (Å²) < 4.78 is 0. The van der Waals surface area contributed by atoms with Crippen molar-refractivity contribution in [1.29, 1.82) is 0 Å². The number of aliphatic hydroxyl groups excluding tert-OH is 1. The third-order valence-electron chi connectivity index (χ3n) is 4.65. The molecule has 1 aliphatic carbocycles. The van der Waals surface area contributed by atoms with Crippen LogP contribution in [0.2, 0.25) is 0 Å². The van der Waals surface area contributed by atoms with Crippen molar-refractivity contribution in [2.45, 2.75) is 44.1 Å².